The van der Waals surface area contributed by atoms with Crippen LogP contribution < -0.4 is 0 Å². The van der Waals surface area contributed by atoms with Crippen LogP contribution in [0.15, 0.2) is 29.7 Å². The van der Waals surface area contributed by atoms with Crippen molar-refractivity contribution in [2.45, 2.75) is 6.42 Å². The van der Waals surface area contributed by atoms with Gasteiger partial charge in [-0.3, -0.25) is 4.98 Å². The summed E-state index contributed by atoms with van der Waals surface area (Å²) < 4.78 is 0. The van der Waals surface area contributed by atoms with Gasteiger partial charge in [0.1, 0.15) is 0 Å². The van der Waals surface area contributed by atoms with Crippen LogP contribution in [0.4, 0.5) is 0 Å². The Morgan fingerprint density at radius 3 is 3.10 bits per heavy atom. The highest BCUT2D eigenvalue weighted by molar-refractivity contribution is 5.08. The summed E-state index contributed by atoms with van der Waals surface area (Å²) in [5, 5.41) is 2.75. The Labute approximate surface area is 59.1 Å². The fraction of sp³-hybridized carbons (Fsp3) is 0.286. The Kier molecular flexibility index (Phi) is 2.55. The fourth-order valence-electron chi connectivity index (χ4n) is 0.721. The molecule has 0 aliphatic heterocycles. The number of rotatable bonds is 3. The number of aromatic nitrogens is 1. The van der Waals surface area contributed by atoms with Gasteiger partial charge in [0.2, 0.25) is 0 Å². The molecule has 0 aromatic carbocycles. The summed E-state index contributed by atoms with van der Waals surface area (Å²) >= 11 is 0. The summed E-state index contributed by atoms with van der Waals surface area (Å²) in [7, 11) is 0. The van der Waals surface area contributed by atoms with Crippen LogP contribution in [0.3, 0.4) is 0 Å². The van der Waals surface area contributed by atoms with E-state index in [1.165, 1.54) is 0 Å². The second-order valence-corrected chi connectivity index (χ2v) is 1.96. The molecular weight excluding hydrogens is 128 g/mol. The highest BCUT2D eigenvalue weighted by atomic mass is 16.3. The Hall–Kier alpha value is -1.25. The van der Waals surface area contributed by atoms with E-state index in [0.29, 0.717) is 13.0 Å². The van der Waals surface area contributed by atoms with Gasteiger partial charge >= 0.3 is 0 Å². The van der Waals surface area contributed by atoms with E-state index in [-0.39, 0.29) is 0 Å². The maximum absolute atomic E-state index is 9.71. The zero-order valence-corrected chi connectivity index (χ0v) is 5.53. The Morgan fingerprint density at radius 1 is 1.60 bits per heavy atom. The monoisotopic (exact) mass is 136 g/mol. The van der Waals surface area contributed by atoms with E-state index in [4.69, 9.17) is 0 Å². The first-order valence-corrected chi connectivity index (χ1v) is 3.11. The molecular formula is C7H8N2O. The van der Waals surface area contributed by atoms with E-state index in [9.17, 15) is 4.91 Å². The van der Waals surface area contributed by atoms with Crippen molar-refractivity contribution < 1.29 is 0 Å². The average Bonchev–Trinajstić information content (AvgIpc) is 2.03. The Balaban J connectivity index is 2.50. The summed E-state index contributed by atoms with van der Waals surface area (Å²) in [6.45, 7) is 0.339. The van der Waals surface area contributed by atoms with E-state index < -0.39 is 0 Å². The predicted octanol–water partition coefficient (Wildman–Crippen LogP) is 1.39. The van der Waals surface area contributed by atoms with Crippen LogP contribution in [0.25, 0.3) is 0 Å². The van der Waals surface area contributed by atoms with Gasteiger partial charge < -0.3 is 0 Å². The van der Waals surface area contributed by atoms with E-state index in [1.54, 1.807) is 12.4 Å². The van der Waals surface area contributed by atoms with Crippen LogP contribution in [0.2, 0.25) is 0 Å². The van der Waals surface area contributed by atoms with E-state index in [0.717, 1.165) is 5.56 Å². The standard InChI is InChI=1S/C7H8N2O/c10-9-5-3-7-2-1-4-8-6-7/h1-2,4,6H,3,5H2. The molecule has 0 aliphatic carbocycles. The number of hydrogen-bond acceptors (Lipinski definition) is 3. The van der Waals surface area contributed by atoms with E-state index >= 15 is 0 Å². The van der Waals surface area contributed by atoms with Crippen molar-refractivity contribution in [2.75, 3.05) is 6.54 Å². The molecule has 0 unspecified atom stereocenters. The van der Waals surface area contributed by atoms with Gasteiger partial charge in [-0.15, -0.1) is 0 Å². The quantitative estimate of drug-likeness (QED) is 0.589. The number of nitroso groups, excluding NO2 is 1. The Bertz CT molecular complexity index is 198. The summed E-state index contributed by atoms with van der Waals surface area (Å²) in [5.74, 6) is 0. The van der Waals surface area contributed by atoms with Gasteiger partial charge in [-0.1, -0.05) is 11.2 Å². The molecule has 0 N–H and O–H groups in total. The van der Waals surface area contributed by atoms with Crippen LogP contribution in [0.1, 0.15) is 5.56 Å². The van der Waals surface area contributed by atoms with E-state index in [1.807, 2.05) is 12.1 Å². The minimum atomic E-state index is 0.339. The molecule has 3 nitrogen and oxygen atoms in total. The number of hydrogen-bond donors (Lipinski definition) is 0. The molecule has 0 bridgehead atoms. The smallest absolute Gasteiger partial charge is 0.0852 e. The molecule has 0 saturated carbocycles. The van der Waals surface area contributed by atoms with Crippen LogP contribution >= 0.6 is 0 Å². The van der Waals surface area contributed by atoms with Crippen molar-refractivity contribution in [1.29, 1.82) is 0 Å². The zero-order chi connectivity index (χ0) is 7.23. The van der Waals surface area contributed by atoms with Crippen LogP contribution in [-0.4, -0.2) is 11.5 Å². The first kappa shape index (κ1) is 6.86. The lowest BCUT2D eigenvalue weighted by Crippen LogP contribution is -1.87. The second-order valence-electron chi connectivity index (χ2n) is 1.96. The van der Waals surface area contributed by atoms with Crippen molar-refractivity contribution >= 4 is 0 Å². The highest BCUT2D eigenvalue weighted by Gasteiger charge is 1.89. The summed E-state index contributed by atoms with van der Waals surface area (Å²) in [6.07, 6.45) is 4.14. The molecule has 52 valence electrons. The minimum Gasteiger partial charge on any atom is -0.264 e. The number of pyridine rings is 1. The van der Waals surface area contributed by atoms with Crippen molar-refractivity contribution in [3.63, 3.8) is 0 Å². The van der Waals surface area contributed by atoms with Gasteiger partial charge in [-0.25, -0.2) is 0 Å². The molecule has 1 aromatic rings. The van der Waals surface area contributed by atoms with Crippen molar-refractivity contribution in [3.05, 3.63) is 35.0 Å². The molecule has 1 aromatic heterocycles. The molecule has 10 heavy (non-hydrogen) atoms. The maximum atomic E-state index is 9.71. The molecule has 0 radical (unpaired) electrons. The highest BCUT2D eigenvalue weighted by Crippen LogP contribution is 1.95. The van der Waals surface area contributed by atoms with Gasteiger partial charge in [-0.05, 0) is 18.1 Å². The largest absolute Gasteiger partial charge is 0.264 e. The molecule has 0 saturated heterocycles. The fourth-order valence-corrected chi connectivity index (χ4v) is 0.721. The summed E-state index contributed by atoms with van der Waals surface area (Å²) in [6, 6.07) is 3.78. The normalized spacial score (nSPS) is 9.20. The minimum absolute atomic E-state index is 0.339. The first-order chi connectivity index (χ1) is 4.93. The summed E-state index contributed by atoms with van der Waals surface area (Å²) in [4.78, 5) is 13.6. The third-order valence-corrected chi connectivity index (χ3v) is 1.21. The topological polar surface area (TPSA) is 42.3 Å². The second kappa shape index (κ2) is 3.71. The maximum Gasteiger partial charge on any atom is 0.0852 e. The van der Waals surface area contributed by atoms with Crippen molar-refractivity contribution in [3.8, 4) is 0 Å². The average molecular weight is 136 g/mol. The molecule has 0 atom stereocenters. The third kappa shape index (κ3) is 1.93. The summed E-state index contributed by atoms with van der Waals surface area (Å²) in [5.41, 5.74) is 1.06. The third-order valence-electron chi connectivity index (χ3n) is 1.21. The van der Waals surface area contributed by atoms with Gasteiger partial charge in [-0.2, -0.15) is 4.91 Å². The Morgan fingerprint density at radius 2 is 2.50 bits per heavy atom. The SMILES string of the molecule is O=NCCc1cccnc1. The molecule has 1 rings (SSSR count). The molecule has 0 spiro atoms. The van der Waals surface area contributed by atoms with Gasteiger partial charge in [0.15, 0.2) is 0 Å². The molecule has 3 heteroatoms. The lowest BCUT2D eigenvalue weighted by molar-refractivity contribution is 0.951. The first-order valence-electron chi connectivity index (χ1n) is 3.11. The van der Waals surface area contributed by atoms with Crippen LogP contribution in [0.5, 0.6) is 0 Å². The van der Waals surface area contributed by atoms with Crippen molar-refractivity contribution in [2.24, 2.45) is 5.18 Å². The zero-order valence-electron chi connectivity index (χ0n) is 5.53. The number of nitrogens with zero attached hydrogens (tertiary/aromatic N) is 2. The van der Waals surface area contributed by atoms with Gasteiger partial charge in [0, 0.05) is 12.4 Å². The lowest BCUT2D eigenvalue weighted by atomic mass is 10.2. The van der Waals surface area contributed by atoms with Crippen LogP contribution in [0, 0.1) is 4.91 Å². The van der Waals surface area contributed by atoms with Gasteiger partial charge in [0.25, 0.3) is 0 Å². The van der Waals surface area contributed by atoms with E-state index in [2.05, 4.69) is 10.2 Å². The molecule has 1 heterocycles. The lowest BCUT2D eigenvalue weighted by Gasteiger charge is -1.92. The van der Waals surface area contributed by atoms with Gasteiger partial charge in [0.05, 0.1) is 6.54 Å². The molecule has 0 fully saturated rings. The predicted molar refractivity (Wildman–Crippen MR) is 38.6 cm³/mol. The molecule has 0 amide bonds. The molecule has 0 aliphatic rings. The van der Waals surface area contributed by atoms with Crippen LogP contribution in [-0.2, 0) is 6.42 Å². The van der Waals surface area contributed by atoms with Crippen molar-refractivity contribution in [1.82, 2.24) is 4.98 Å².